The number of sulfonamides is 1. The van der Waals surface area contributed by atoms with E-state index in [0.717, 1.165) is 44.1 Å². The predicted octanol–water partition coefficient (Wildman–Crippen LogP) is 2.59. The molecule has 0 atom stereocenters. The Labute approximate surface area is 174 Å². The Balaban J connectivity index is 1.59. The molecule has 1 saturated carbocycles. The minimum Gasteiger partial charge on any atom is -0.257 e. The average molecular weight is 442 g/mol. The van der Waals surface area contributed by atoms with Crippen LogP contribution in [-0.2, 0) is 26.7 Å². The number of hydrogen-bond donors (Lipinski definition) is 0. The van der Waals surface area contributed by atoms with Crippen molar-refractivity contribution in [2.75, 3.05) is 37.0 Å². The van der Waals surface area contributed by atoms with Crippen LogP contribution >= 0.6 is 0 Å². The van der Waals surface area contributed by atoms with Gasteiger partial charge in [0.15, 0.2) is 0 Å². The Morgan fingerprint density at radius 2 is 1.76 bits per heavy atom. The molecule has 0 spiro atoms. The zero-order valence-electron chi connectivity index (χ0n) is 17.1. The summed E-state index contributed by atoms with van der Waals surface area (Å²) < 4.78 is 57.2. The Hall–Kier alpha value is -1.16. The molecule has 1 aromatic carbocycles. The summed E-state index contributed by atoms with van der Waals surface area (Å²) in [6, 6.07) is 4.93. The van der Waals surface area contributed by atoms with E-state index in [4.69, 9.17) is 0 Å². The van der Waals surface area contributed by atoms with Gasteiger partial charge in [-0.15, -0.1) is 0 Å². The normalized spacial score (nSPS) is 21.0. The zero-order valence-corrected chi connectivity index (χ0v) is 18.7. The fraction of sp³-hybridized carbons (Fsp3) is 0.700. The van der Waals surface area contributed by atoms with Gasteiger partial charge in [-0.05, 0) is 68.2 Å². The van der Waals surface area contributed by atoms with Crippen LogP contribution in [0.5, 0.6) is 0 Å². The van der Waals surface area contributed by atoms with E-state index in [1.807, 2.05) is 6.92 Å². The largest absolute Gasteiger partial charge is 0.304 e. The van der Waals surface area contributed by atoms with Gasteiger partial charge < -0.3 is 0 Å². The van der Waals surface area contributed by atoms with Crippen LogP contribution in [0.1, 0.15) is 51.0 Å². The van der Waals surface area contributed by atoms with Crippen LogP contribution in [0.4, 0.5) is 5.69 Å². The lowest BCUT2D eigenvalue weighted by Crippen LogP contribution is -2.44. The number of fused-ring (bicyclic) bond motifs is 1. The molecule has 1 aromatic rings. The Bertz CT molecular complexity index is 952. The van der Waals surface area contributed by atoms with E-state index in [1.165, 1.54) is 4.31 Å². The first-order chi connectivity index (χ1) is 13.8. The molecule has 2 heterocycles. The van der Waals surface area contributed by atoms with Gasteiger partial charge in [0.1, 0.15) is 0 Å². The van der Waals surface area contributed by atoms with E-state index in [2.05, 4.69) is 0 Å². The van der Waals surface area contributed by atoms with E-state index in [9.17, 15) is 16.8 Å². The summed E-state index contributed by atoms with van der Waals surface area (Å²) in [5.41, 5.74) is 1.43. The molecule has 2 fully saturated rings. The van der Waals surface area contributed by atoms with Crippen LogP contribution in [0.3, 0.4) is 0 Å². The number of piperidine rings is 1. The maximum atomic E-state index is 13.3. The SMILES string of the molecule is CCCN(CC1CC1)S(=O)(=O)N1CCc2cc(S(=O)(=O)N3CCCCC3)ccc21. The van der Waals surface area contributed by atoms with Crippen molar-refractivity contribution in [3.63, 3.8) is 0 Å². The van der Waals surface area contributed by atoms with Crippen LogP contribution in [0, 0.1) is 5.92 Å². The second-order valence-electron chi connectivity index (χ2n) is 8.39. The van der Waals surface area contributed by atoms with Gasteiger partial charge in [0.25, 0.3) is 0 Å². The Morgan fingerprint density at radius 1 is 1.03 bits per heavy atom. The van der Waals surface area contributed by atoms with E-state index in [1.54, 1.807) is 26.8 Å². The molecular formula is C20H31N3O4S2. The van der Waals surface area contributed by atoms with Crippen LogP contribution in [-0.4, -0.2) is 58.2 Å². The minimum atomic E-state index is -3.59. The molecule has 4 rings (SSSR count). The molecule has 0 bridgehead atoms. The van der Waals surface area contributed by atoms with Gasteiger partial charge in [-0.25, -0.2) is 8.42 Å². The molecule has 7 nitrogen and oxygen atoms in total. The molecule has 9 heteroatoms. The summed E-state index contributed by atoms with van der Waals surface area (Å²) in [5, 5.41) is 0. The molecule has 3 aliphatic rings. The number of anilines is 1. The lowest BCUT2D eigenvalue weighted by atomic mass is 10.2. The second-order valence-corrected chi connectivity index (χ2v) is 12.2. The van der Waals surface area contributed by atoms with Crippen LogP contribution in [0.25, 0.3) is 0 Å². The zero-order chi connectivity index (χ0) is 20.6. The van der Waals surface area contributed by atoms with E-state index < -0.39 is 20.2 Å². The van der Waals surface area contributed by atoms with Crippen LogP contribution in [0.2, 0.25) is 0 Å². The molecule has 0 aromatic heterocycles. The number of nitrogens with zero attached hydrogens (tertiary/aromatic N) is 3. The molecule has 29 heavy (non-hydrogen) atoms. The van der Waals surface area contributed by atoms with E-state index in [-0.39, 0.29) is 4.90 Å². The predicted molar refractivity (Wildman–Crippen MR) is 114 cm³/mol. The number of benzene rings is 1. The van der Waals surface area contributed by atoms with Crippen LogP contribution in [0.15, 0.2) is 23.1 Å². The van der Waals surface area contributed by atoms with E-state index >= 15 is 0 Å². The summed E-state index contributed by atoms with van der Waals surface area (Å²) >= 11 is 0. The summed E-state index contributed by atoms with van der Waals surface area (Å²) in [4.78, 5) is 0.279. The fourth-order valence-electron chi connectivity index (χ4n) is 4.28. The third-order valence-electron chi connectivity index (χ3n) is 6.09. The smallest absolute Gasteiger partial charge is 0.257 e. The fourth-order valence-corrected chi connectivity index (χ4v) is 7.69. The van der Waals surface area contributed by atoms with Gasteiger partial charge in [0, 0.05) is 32.7 Å². The Morgan fingerprint density at radius 3 is 2.41 bits per heavy atom. The molecule has 1 aliphatic carbocycles. The standard InChI is InChI=1S/C20H31N3O4S2/c1-2-11-22(16-17-6-7-17)29(26,27)23-14-10-18-15-19(8-9-20(18)23)28(24,25)21-12-4-3-5-13-21/h8-9,15,17H,2-7,10-14,16H2,1H3. The minimum absolute atomic E-state index is 0.279. The molecule has 0 N–H and O–H groups in total. The monoisotopic (exact) mass is 441 g/mol. The Kier molecular flexibility index (Phi) is 5.94. The topological polar surface area (TPSA) is 78.0 Å². The third-order valence-corrected chi connectivity index (χ3v) is 9.91. The first-order valence-electron chi connectivity index (χ1n) is 10.7. The van der Waals surface area contributed by atoms with Gasteiger partial charge in [-0.2, -0.15) is 17.0 Å². The van der Waals surface area contributed by atoms with Gasteiger partial charge in [-0.3, -0.25) is 4.31 Å². The number of rotatable bonds is 8. The van der Waals surface area contributed by atoms with Crippen LogP contribution < -0.4 is 4.31 Å². The highest BCUT2D eigenvalue weighted by Crippen LogP contribution is 2.36. The molecular weight excluding hydrogens is 410 g/mol. The van der Waals surface area contributed by atoms with Crippen molar-refractivity contribution < 1.29 is 16.8 Å². The van der Waals surface area contributed by atoms with Gasteiger partial charge in [0.05, 0.1) is 10.6 Å². The van der Waals surface area contributed by atoms with Crippen molar-refractivity contribution in [1.29, 1.82) is 0 Å². The van der Waals surface area contributed by atoms with Crippen molar-refractivity contribution in [3.8, 4) is 0 Å². The molecule has 1 saturated heterocycles. The van der Waals surface area contributed by atoms with Gasteiger partial charge in [-0.1, -0.05) is 13.3 Å². The first-order valence-corrected chi connectivity index (χ1v) is 13.6. The quantitative estimate of drug-likeness (QED) is 0.621. The third kappa shape index (κ3) is 4.19. The summed E-state index contributed by atoms with van der Waals surface area (Å²) in [6.07, 6.45) is 6.38. The maximum Gasteiger partial charge on any atom is 0.304 e. The molecule has 0 radical (unpaired) electrons. The van der Waals surface area contributed by atoms with E-state index in [0.29, 0.717) is 50.7 Å². The van der Waals surface area contributed by atoms with Gasteiger partial charge in [0.2, 0.25) is 10.0 Å². The first kappa shape index (κ1) is 21.1. The highest BCUT2D eigenvalue weighted by molar-refractivity contribution is 7.90. The van der Waals surface area contributed by atoms with Gasteiger partial charge >= 0.3 is 10.2 Å². The van der Waals surface area contributed by atoms with Crippen molar-refractivity contribution in [2.45, 2.75) is 56.8 Å². The van der Waals surface area contributed by atoms with Crippen molar-refractivity contribution in [1.82, 2.24) is 8.61 Å². The summed E-state index contributed by atoms with van der Waals surface area (Å²) in [7, 11) is -7.11. The summed E-state index contributed by atoms with van der Waals surface area (Å²) in [6.45, 7) is 4.59. The molecule has 2 aliphatic heterocycles. The van der Waals surface area contributed by atoms with Crippen molar-refractivity contribution >= 4 is 25.9 Å². The van der Waals surface area contributed by atoms with Crippen molar-refractivity contribution in [2.24, 2.45) is 5.92 Å². The molecule has 162 valence electrons. The average Bonchev–Trinajstić information content (AvgIpc) is 3.43. The molecule has 0 unspecified atom stereocenters. The highest BCUT2D eigenvalue weighted by atomic mass is 32.2. The van der Waals surface area contributed by atoms with Crippen molar-refractivity contribution in [3.05, 3.63) is 23.8 Å². The lowest BCUT2D eigenvalue weighted by Gasteiger charge is -2.29. The lowest BCUT2D eigenvalue weighted by molar-refractivity contribution is 0.346. The summed E-state index contributed by atoms with van der Waals surface area (Å²) in [5.74, 6) is 0.482. The number of hydrogen-bond acceptors (Lipinski definition) is 4. The molecule has 0 amide bonds. The second kappa shape index (κ2) is 8.17. The highest BCUT2D eigenvalue weighted by Gasteiger charge is 2.37. The maximum absolute atomic E-state index is 13.3.